The van der Waals surface area contributed by atoms with E-state index in [2.05, 4.69) is 4.99 Å². The minimum Gasteiger partial charge on any atom is -0.480 e. The fraction of sp³-hybridized carbons (Fsp3) is 0.429. The number of rotatable bonds is 5. The molecule has 80 valence electrons. The van der Waals surface area contributed by atoms with E-state index in [0.29, 0.717) is 0 Å². The fourth-order valence-corrected chi connectivity index (χ4v) is 0.594. The zero-order valence-corrected chi connectivity index (χ0v) is 7.48. The summed E-state index contributed by atoms with van der Waals surface area (Å²) in [5.41, 5.74) is 13.2. The minimum atomic E-state index is -2.00. The Morgan fingerprint density at radius 1 is 1.57 bits per heavy atom. The van der Waals surface area contributed by atoms with E-state index >= 15 is 0 Å². The molecule has 0 rings (SSSR count). The number of halogens is 1. The van der Waals surface area contributed by atoms with E-state index in [1.165, 1.54) is 6.08 Å². The monoisotopic (exact) mass is 204 g/mol. The number of aliphatic carboxylic acids is 1. The predicted octanol–water partition coefficient (Wildman–Crippen LogP) is -1.43. The lowest BCUT2D eigenvalue weighted by Crippen LogP contribution is -2.48. The van der Waals surface area contributed by atoms with Gasteiger partial charge in [-0.05, 0) is 0 Å². The van der Waals surface area contributed by atoms with Crippen molar-refractivity contribution in [2.24, 2.45) is 22.2 Å². The van der Waals surface area contributed by atoms with Gasteiger partial charge in [-0.2, -0.15) is 0 Å². The van der Waals surface area contributed by atoms with Gasteiger partial charge >= 0.3 is 5.97 Å². The highest BCUT2D eigenvalue weighted by atomic mass is 19.1. The van der Waals surface area contributed by atoms with Gasteiger partial charge in [-0.1, -0.05) is 12.2 Å². The Balaban J connectivity index is 4.32. The minimum absolute atomic E-state index is 0.0641. The zero-order valence-electron chi connectivity index (χ0n) is 7.48. The van der Waals surface area contributed by atoms with Crippen LogP contribution in [-0.4, -0.2) is 35.8 Å². The molecule has 0 aliphatic rings. The first-order chi connectivity index (χ1) is 6.42. The molecule has 1 atom stereocenters. The van der Waals surface area contributed by atoms with Crippen LogP contribution in [0.15, 0.2) is 17.1 Å². The summed E-state index contributed by atoms with van der Waals surface area (Å²) in [7, 11) is 0. The highest BCUT2D eigenvalue weighted by molar-refractivity contribution is 5.81. The number of carboxylic acids is 1. The normalized spacial score (nSPS) is 15.0. The summed E-state index contributed by atoms with van der Waals surface area (Å²) in [5.74, 6) is -1.58. The summed E-state index contributed by atoms with van der Waals surface area (Å²) in [6.45, 7) is -1.13. The van der Waals surface area contributed by atoms with Crippen LogP contribution in [0.3, 0.4) is 0 Å². The number of aliphatic imine (C=N–C) groups is 1. The number of carbonyl (C=O) groups is 1. The number of nitrogens with zero attached hydrogens (tertiary/aromatic N) is 1. The number of carboxylic acid groups (broad SMARTS) is 1. The molecule has 0 aromatic rings. The highest BCUT2D eigenvalue weighted by Gasteiger charge is 2.30. The van der Waals surface area contributed by atoms with E-state index in [1.807, 2.05) is 0 Å². The largest absolute Gasteiger partial charge is 0.480 e. The van der Waals surface area contributed by atoms with Crippen molar-refractivity contribution in [3.63, 3.8) is 0 Å². The first kappa shape index (κ1) is 12.4. The second kappa shape index (κ2) is 5.18. The van der Waals surface area contributed by atoms with Gasteiger partial charge < -0.3 is 22.3 Å². The molecule has 0 fully saturated rings. The van der Waals surface area contributed by atoms with E-state index in [4.69, 9.17) is 22.3 Å². The summed E-state index contributed by atoms with van der Waals surface area (Å²) in [4.78, 5) is 14.0. The molecule has 0 aromatic carbocycles. The van der Waals surface area contributed by atoms with Gasteiger partial charge in [0.15, 0.2) is 11.5 Å². The number of guanidine groups is 1. The average molecular weight is 204 g/mol. The van der Waals surface area contributed by atoms with Gasteiger partial charge in [0.05, 0.1) is 6.54 Å². The third-order valence-corrected chi connectivity index (χ3v) is 1.41. The molecule has 0 saturated carbocycles. The summed E-state index contributed by atoms with van der Waals surface area (Å²) in [6.07, 6.45) is 2.30. The molecule has 0 aromatic heterocycles. The highest BCUT2D eigenvalue weighted by Crippen LogP contribution is 2.04. The maximum absolute atomic E-state index is 12.2. The lowest BCUT2D eigenvalue weighted by molar-refractivity contribution is -0.141. The topological polar surface area (TPSA) is 128 Å². The van der Waals surface area contributed by atoms with Gasteiger partial charge in [0.2, 0.25) is 0 Å². The van der Waals surface area contributed by atoms with E-state index in [9.17, 15) is 9.18 Å². The van der Waals surface area contributed by atoms with Gasteiger partial charge in [-0.3, -0.25) is 0 Å². The Morgan fingerprint density at radius 2 is 2.14 bits per heavy atom. The molecule has 7 heteroatoms. The number of hydrogen-bond donors (Lipinski definition) is 4. The Morgan fingerprint density at radius 3 is 2.50 bits per heavy atom. The Hall–Kier alpha value is -1.63. The average Bonchev–Trinajstić information content (AvgIpc) is 2.11. The molecule has 6 nitrogen and oxygen atoms in total. The maximum atomic E-state index is 12.2. The molecular weight excluding hydrogens is 191 g/mol. The first-order valence-corrected chi connectivity index (χ1v) is 3.73. The molecule has 0 heterocycles. The Kier molecular flexibility index (Phi) is 4.57. The number of nitrogens with two attached hydrogens (primary N) is 3. The summed E-state index contributed by atoms with van der Waals surface area (Å²) < 4.78 is 12.2. The molecular formula is C7H13FN4O2. The van der Waals surface area contributed by atoms with Gasteiger partial charge in [0.25, 0.3) is 0 Å². The molecule has 0 unspecified atom stereocenters. The standard InChI is InChI=1S/C7H13FN4O2/c8-4-7(11,5(13)14)2-1-3-12-6(9)10/h1-2H,3-4,11H2,(H,13,14)(H4,9,10,12)/b2-1+/t7-/m1/s1. The quantitative estimate of drug-likeness (QED) is 0.248. The summed E-state index contributed by atoms with van der Waals surface area (Å²) in [5, 5.41) is 8.54. The van der Waals surface area contributed by atoms with Crippen LogP contribution >= 0.6 is 0 Å². The lowest BCUT2D eigenvalue weighted by atomic mass is 10.0. The van der Waals surface area contributed by atoms with E-state index in [-0.39, 0.29) is 12.5 Å². The van der Waals surface area contributed by atoms with Crippen molar-refractivity contribution in [2.45, 2.75) is 5.54 Å². The number of alkyl halides is 1. The van der Waals surface area contributed by atoms with Crippen LogP contribution in [0, 0.1) is 0 Å². The second-order valence-electron chi connectivity index (χ2n) is 2.65. The third kappa shape index (κ3) is 3.85. The van der Waals surface area contributed by atoms with Crippen molar-refractivity contribution in [1.29, 1.82) is 0 Å². The third-order valence-electron chi connectivity index (χ3n) is 1.41. The SMILES string of the molecule is NC(N)=NC/C=C/[C@@](N)(CF)C(=O)O. The van der Waals surface area contributed by atoms with Gasteiger partial charge in [-0.15, -0.1) is 0 Å². The predicted molar refractivity (Wildman–Crippen MR) is 50.3 cm³/mol. The summed E-state index contributed by atoms with van der Waals surface area (Å²) >= 11 is 0. The molecule has 0 radical (unpaired) electrons. The molecule has 0 aliphatic heterocycles. The van der Waals surface area contributed by atoms with Crippen molar-refractivity contribution >= 4 is 11.9 Å². The van der Waals surface area contributed by atoms with Gasteiger partial charge in [-0.25, -0.2) is 14.2 Å². The van der Waals surface area contributed by atoms with Gasteiger partial charge in [0.1, 0.15) is 6.67 Å². The van der Waals surface area contributed by atoms with Crippen molar-refractivity contribution in [1.82, 2.24) is 0 Å². The van der Waals surface area contributed by atoms with Crippen LogP contribution in [0.2, 0.25) is 0 Å². The van der Waals surface area contributed by atoms with Crippen LogP contribution in [0.25, 0.3) is 0 Å². The molecule has 0 aliphatic carbocycles. The van der Waals surface area contributed by atoms with Gasteiger partial charge in [0, 0.05) is 0 Å². The molecule has 0 bridgehead atoms. The fourth-order valence-electron chi connectivity index (χ4n) is 0.594. The molecule has 0 amide bonds. The maximum Gasteiger partial charge on any atom is 0.330 e. The first-order valence-electron chi connectivity index (χ1n) is 3.73. The van der Waals surface area contributed by atoms with Crippen molar-refractivity contribution in [2.75, 3.05) is 13.2 Å². The Labute approximate surface area is 80.3 Å². The van der Waals surface area contributed by atoms with Crippen LogP contribution in [0.1, 0.15) is 0 Å². The number of hydrogen-bond acceptors (Lipinski definition) is 3. The van der Waals surface area contributed by atoms with E-state index in [0.717, 1.165) is 6.08 Å². The Bertz CT molecular complexity index is 262. The summed E-state index contributed by atoms with van der Waals surface area (Å²) in [6, 6.07) is 0. The second-order valence-corrected chi connectivity index (χ2v) is 2.65. The molecule has 7 N–H and O–H groups in total. The van der Waals surface area contributed by atoms with Crippen LogP contribution < -0.4 is 17.2 Å². The molecule has 14 heavy (non-hydrogen) atoms. The molecule has 0 saturated heterocycles. The van der Waals surface area contributed by atoms with Crippen molar-refractivity contribution < 1.29 is 14.3 Å². The van der Waals surface area contributed by atoms with Crippen LogP contribution in [0.4, 0.5) is 4.39 Å². The van der Waals surface area contributed by atoms with E-state index in [1.54, 1.807) is 0 Å². The van der Waals surface area contributed by atoms with Crippen LogP contribution in [0.5, 0.6) is 0 Å². The smallest absolute Gasteiger partial charge is 0.330 e. The molecule has 0 spiro atoms. The van der Waals surface area contributed by atoms with Crippen molar-refractivity contribution in [3.8, 4) is 0 Å². The van der Waals surface area contributed by atoms with Crippen LogP contribution in [-0.2, 0) is 4.79 Å². The lowest BCUT2D eigenvalue weighted by Gasteiger charge is -2.15. The van der Waals surface area contributed by atoms with E-state index < -0.39 is 18.2 Å². The van der Waals surface area contributed by atoms with Crippen molar-refractivity contribution in [3.05, 3.63) is 12.2 Å². The zero-order chi connectivity index (χ0) is 11.2.